The predicted octanol–water partition coefficient (Wildman–Crippen LogP) is -3.96. The molecule has 3 fully saturated rings. The summed E-state index contributed by atoms with van der Waals surface area (Å²) in [4.78, 5) is 131. The second-order valence-corrected chi connectivity index (χ2v) is 22.3. The third-order valence-corrected chi connectivity index (χ3v) is 15.0. The molecule has 3 aliphatic rings. The van der Waals surface area contributed by atoms with Crippen molar-refractivity contribution in [2.75, 3.05) is 13.1 Å². The Hall–Kier alpha value is -4.39. The summed E-state index contributed by atoms with van der Waals surface area (Å²) >= 11 is 0. The third-order valence-electron chi connectivity index (χ3n) is 14.5. The number of nitrogens with two attached hydrogens (primary N) is 1. The van der Waals surface area contributed by atoms with Crippen molar-refractivity contribution in [3.63, 3.8) is 0 Å². The van der Waals surface area contributed by atoms with Gasteiger partial charge in [0.15, 0.2) is 6.23 Å². The van der Waals surface area contributed by atoms with E-state index in [0.717, 1.165) is 69.7 Å². The smallest absolute Gasteiger partial charge is 0.404 e. The van der Waals surface area contributed by atoms with E-state index < -0.39 is 178 Å². The molecular formula is C50H81N8NaO20P. The van der Waals surface area contributed by atoms with Crippen LogP contribution in [0.3, 0.4) is 0 Å². The zero-order chi connectivity index (χ0) is 59.1. The third kappa shape index (κ3) is 20.8. The summed E-state index contributed by atoms with van der Waals surface area (Å²) in [6, 6.07) is -8.37. The zero-order valence-corrected chi connectivity index (χ0v) is 48.7. The molecule has 0 aliphatic carbocycles. The number of rotatable bonds is 22. The first-order chi connectivity index (χ1) is 37.0. The van der Waals surface area contributed by atoms with Gasteiger partial charge in [0.1, 0.15) is 60.3 Å². The van der Waals surface area contributed by atoms with Crippen LogP contribution < -0.4 is 36.8 Å². The monoisotopic (exact) mass is 1170 g/mol. The topological polar surface area (TPSA) is 458 Å². The summed E-state index contributed by atoms with van der Waals surface area (Å²) < 4.78 is 15.9. The van der Waals surface area contributed by atoms with Crippen LogP contribution in [0.4, 0.5) is 0 Å². The van der Waals surface area contributed by atoms with Crippen molar-refractivity contribution in [1.29, 1.82) is 0 Å². The van der Waals surface area contributed by atoms with Crippen LogP contribution in [0.1, 0.15) is 129 Å². The molecule has 0 aromatic heterocycles. The van der Waals surface area contributed by atoms with Crippen LogP contribution in [0.15, 0.2) is 24.3 Å². The summed E-state index contributed by atoms with van der Waals surface area (Å²) in [6.07, 6.45) is -11.0. The number of carbonyl (C=O) groups is 8. The fraction of sp³-hybridized carbons (Fsp3) is 0.720. The van der Waals surface area contributed by atoms with E-state index in [-0.39, 0.29) is 48.0 Å². The van der Waals surface area contributed by atoms with E-state index in [9.17, 15) is 93.6 Å². The van der Waals surface area contributed by atoms with E-state index in [1.807, 2.05) is 5.32 Å². The molecule has 28 nitrogen and oxygen atoms in total. The normalized spacial score (nSPS) is 28.0. The summed E-state index contributed by atoms with van der Waals surface area (Å²) in [6.45, 7) is 6.62. The molecular weight excluding hydrogens is 1090 g/mol. The summed E-state index contributed by atoms with van der Waals surface area (Å²) in [5, 5.41) is 101. The Morgan fingerprint density at radius 1 is 0.750 bits per heavy atom. The molecule has 80 heavy (non-hydrogen) atoms. The van der Waals surface area contributed by atoms with Gasteiger partial charge in [-0.05, 0) is 55.7 Å². The number of nitrogens with one attached hydrogen (secondary N) is 5. The molecule has 3 aliphatic heterocycles. The van der Waals surface area contributed by atoms with Gasteiger partial charge in [-0.1, -0.05) is 77.8 Å². The van der Waals surface area contributed by atoms with Crippen LogP contribution in [-0.4, -0.2) is 229 Å². The van der Waals surface area contributed by atoms with Gasteiger partial charge in [0.2, 0.25) is 47.3 Å². The van der Waals surface area contributed by atoms with Gasteiger partial charge >= 0.3 is 7.82 Å². The van der Waals surface area contributed by atoms with Gasteiger partial charge in [0.25, 0.3) is 0 Å². The second kappa shape index (κ2) is 32.5. The molecule has 1 aromatic rings. The number of fused-ring (bicyclic) bond motifs is 2. The number of hydrogen-bond donors (Lipinski definition) is 16. The minimum atomic E-state index is -5.07. The van der Waals surface area contributed by atoms with Crippen molar-refractivity contribution in [3.8, 4) is 5.75 Å². The van der Waals surface area contributed by atoms with E-state index in [4.69, 9.17) is 5.73 Å². The van der Waals surface area contributed by atoms with Crippen molar-refractivity contribution < 1.29 is 98.1 Å². The van der Waals surface area contributed by atoms with Crippen LogP contribution in [-0.2, 0) is 42.9 Å². The number of phosphoric ester groups is 1. The van der Waals surface area contributed by atoms with Crippen LogP contribution >= 0.6 is 7.82 Å². The molecule has 0 spiro atoms. The SMILES string of the molecule is CC[C@H](C)C[C@H](C)CCCCCCCCC(=O)N[C@H]1C[C@@H](O)[C@@H](O)NC(=O)[C@@H]2[C@@H](O)CCN2C(=O)[C@H]([C@H](O)CC(N)=O)NC(=O)[C@H]([C@H](O)[C@@H](O)c2ccc(OP(=O)(O)O)cc2)NC(=O)[C@@H]2C[C@@H](O)CN2C(=O)[C@H]([C@@H](C)O)NC1=O.[Na]. The van der Waals surface area contributed by atoms with Gasteiger partial charge in [-0.25, -0.2) is 4.57 Å². The van der Waals surface area contributed by atoms with Crippen molar-refractivity contribution in [1.82, 2.24) is 36.4 Å². The predicted molar refractivity (Wildman–Crippen MR) is 282 cm³/mol. The molecule has 3 saturated heterocycles. The number of aliphatic hydroxyl groups excluding tert-OH is 8. The van der Waals surface area contributed by atoms with Crippen molar-refractivity contribution in [2.45, 2.75) is 203 Å². The largest absolute Gasteiger partial charge is 0.524 e. The maximum absolute atomic E-state index is 14.5. The molecule has 30 heteroatoms. The van der Waals surface area contributed by atoms with E-state index in [2.05, 4.69) is 46.6 Å². The van der Waals surface area contributed by atoms with Gasteiger partial charge in [-0.3, -0.25) is 48.1 Å². The molecule has 0 unspecified atom stereocenters. The average Bonchev–Trinajstić information content (AvgIpc) is 3.98. The first-order valence-electron chi connectivity index (χ1n) is 26.7. The summed E-state index contributed by atoms with van der Waals surface area (Å²) in [5.74, 6) is -9.12. The number of unbranched alkanes of at least 4 members (excludes halogenated alkanes) is 5. The van der Waals surface area contributed by atoms with Gasteiger partial charge in [-0.2, -0.15) is 0 Å². The standard InChI is InChI=1S/C50H81N8O20P.Na/c1-5-25(2)20-26(3)12-10-8-6-7-9-11-13-37(65)52-31-22-35(63)46(70)56-48(72)41-33(61)18-19-57(41)50(74)39(34(62)23-36(51)64)54-47(71)40(43(67)42(66)28-14-16-30(17-15-28)78-79(75,76)77)55-45(69)32-21-29(60)24-58(32)49(73)38(27(4)59)53-44(31)68;/h14-17,25-27,29,31-35,38-43,46,59-63,66-67,70H,5-13,18-24H2,1-4H3,(H2,51,64)(H,52,65)(H,53,68)(H,54,71)(H,55,69)(H,56,72)(H2,75,76,77);/t25-,26+,27+,29+,31-,32-,33-,34+,35+,38-,39-,40-,41-,42-,43-,46+;/m0./s1. The Labute approximate surface area is 485 Å². The first kappa shape index (κ1) is 69.9. The van der Waals surface area contributed by atoms with E-state index in [1.165, 1.54) is 6.42 Å². The summed E-state index contributed by atoms with van der Waals surface area (Å²) in [7, 11) is -5.07. The zero-order valence-electron chi connectivity index (χ0n) is 45.8. The van der Waals surface area contributed by atoms with Gasteiger partial charge < -0.3 is 87.5 Å². The van der Waals surface area contributed by atoms with Crippen LogP contribution in [0.2, 0.25) is 0 Å². The molecule has 16 atom stereocenters. The number of hydrogen-bond acceptors (Lipinski definition) is 18. The second-order valence-electron chi connectivity index (χ2n) is 21.1. The number of phosphoric acid groups is 1. The fourth-order valence-corrected chi connectivity index (χ4v) is 10.4. The molecule has 0 bridgehead atoms. The molecule has 1 radical (unpaired) electrons. The van der Waals surface area contributed by atoms with Gasteiger partial charge in [0.05, 0.1) is 30.8 Å². The number of nitrogens with zero attached hydrogens (tertiary/aromatic N) is 2. The molecule has 1 aromatic carbocycles. The van der Waals surface area contributed by atoms with E-state index in [1.54, 1.807) is 0 Å². The Morgan fingerprint density at radius 2 is 1.34 bits per heavy atom. The van der Waals surface area contributed by atoms with Crippen LogP contribution in [0, 0.1) is 11.8 Å². The number of aliphatic hydroxyl groups is 8. The number of benzene rings is 1. The molecule has 447 valence electrons. The Bertz CT molecular complexity index is 2300. The molecule has 3 heterocycles. The fourth-order valence-electron chi connectivity index (χ4n) is 9.99. The quantitative estimate of drug-likeness (QED) is 0.0299. The van der Waals surface area contributed by atoms with Gasteiger partial charge in [-0.15, -0.1) is 0 Å². The molecule has 4 rings (SSSR count). The Balaban J connectivity index is 0.0000168. The minimum absolute atomic E-state index is 0. The van der Waals surface area contributed by atoms with Crippen LogP contribution in [0.5, 0.6) is 5.75 Å². The average molecular weight is 1170 g/mol. The molecule has 8 amide bonds. The maximum atomic E-state index is 14.5. The molecule has 17 N–H and O–H groups in total. The van der Waals surface area contributed by atoms with Crippen molar-refractivity contribution >= 4 is 84.6 Å². The number of carbonyl (C=O) groups excluding carboxylic acids is 8. The van der Waals surface area contributed by atoms with Crippen molar-refractivity contribution in [3.05, 3.63) is 29.8 Å². The Kier molecular flexibility index (Phi) is 28.3. The minimum Gasteiger partial charge on any atom is -0.404 e. The molecule has 0 saturated carbocycles. The van der Waals surface area contributed by atoms with Crippen molar-refractivity contribution in [2.24, 2.45) is 17.6 Å². The van der Waals surface area contributed by atoms with Gasteiger partial charge in [0, 0.05) is 61.9 Å². The number of amides is 8. The summed E-state index contributed by atoms with van der Waals surface area (Å²) in [5.41, 5.74) is 5.05. The van der Waals surface area contributed by atoms with E-state index >= 15 is 0 Å². The first-order valence-corrected chi connectivity index (χ1v) is 28.3. The Morgan fingerprint density at radius 3 is 1.94 bits per heavy atom. The van der Waals surface area contributed by atoms with Crippen LogP contribution in [0.25, 0.3) is 0 Å². The number of primary amides is 1. The maximum Gasteiger partial charge on any atom is 0.524 e. The van der Waals surface area contributed by atoms with E-state index in [0.29, 0.717) is 34.5 Å².